The van der Waals surface area contributed by atoms with Crippen LogP contribution in [0.4, 0.5) is 5.69 Å². The summed E-state index contributed by atoms with van der Waals surface area (Å²) in [5, 5.41) is 11.7. The summed E-state index contributed by atoms with van der Waals surface area (Å²) in [5.74, 6) is -1.31. The van der Waals surface area contributed by atoms with Crippen molar-refractivity contribution in [3.05, 3.63) is 50.7 Å². The molecule has 2 N–H and O–H groups in total. The van der Waals surface area contributed by atoms with Crippen molar-refractivity contribution in [3.63, 3.8) is 0 Å². The standard InChI is InChI=1S/C18H19NO4S/c1-10-8-13(4-5-14(10)18(22)23)19-17(21)7-6-16(20)15-9-11(2)24-12(15)3/h4-5,8-9H,6-7H2,1-3H3,(H,19,21)(H,22,23). The third-order valence-corrected chi connectivity index (χ3v) is 4.63. The van der Waals surface area contributed by atoms with Gasteiger partial charge in [-0.05, 0) is 50.6 Å². The van der Waals surface area contributed by atoms with Crippen LogP contribution in [0, 0.1) is 20.8 Å². The molecule has 5 nitrogen and oxygen atoms in total. The fourth-order valence-corrected chi connectivity index (χ4v) is 3.42. The SMILES string of the molecule is Cc1cc(C(=O)CCC(=O)Nc2ccc(C(=O)O)c(C)c2)c(C)s1. The van der Waals surface area contributed by atoms with Crippen LogP contribution in [0.1, 0.15) is 48.9 Å². The summed E-state index contributed by atoms with van der Waals surface area (Å²) in [6.07, 6.45) is 0.238. The maximum atomic E-state index is 12.2. The van der Waals surface area contributed by atoms with E-state index in [2.05, 4.69) is 5.32 Å². The van der Waals surface area contributed by atoms with Crippen LogP contribution >= 0.6 is 11.3 Å². The Morgan fingerprint density at radius 1 is 1.04 bits per heavy atom. The first kappa shape index (κ1) is 17.9. The Bertz CT molecular complexity index is 807. The highest BCUT2D eigenvalue weighted by molar-refractivity contribution is 7.12. The van der Waals surface area contributed by atoms with Crippen LogP contribution in [-0.4, -0.2) is 22.8 Å². The molecule has 1 aromatic heterocycles. The Labute approximate surface area is 144 Å². The number of ketones is 1. The summed E-state index contributed by atoms with van der Waals surface area (Å²) in [5.41, 5.74) is 1.98. The number of carbonyl (C=O) groups excluding carboxylic acids is 2. The topological polar surface area (TPSA) is 83.5 Å². The summed E-state index contributed by atoms with van der Waals surface area (Å²) >= 11 is 1.57. The van der Waals surface area contributed by atoms with E-state index in [-0.39, 0.29) is 30.1 Å². The highest BCUT2D eigenvalue weighted by Gasteiger charge is 2.14. The van der Waals surface area contributed by atoms with Crippen LogP contribution in [0.25, 0.3) is 0 Å². The molecule has 6 heteroatoms. The molecule has 0 saturated carbocycles. The van der Waals surface area contributed by atoms with Crippen molar-refractivity contribution in [1.82, 2.24) is 0 Å². The fraction of sp³-hybridized carbons (Fsp3) is 0.278. The van der Waals surface area contributed by atoms with Crippen LogP contribution in [0.2, 0.25) is 0 Å². The van der Waals surface area contributed by atoms with Gasteiger partial charge in [0, 0.05) is 33.8 Å². The second-order valence-corrected chi connectivity index (χ2v) is 7.09. The first-order chi connectivity index (χ1) is 11.3. The van der Waals surface area contributed by atoms with E-state index in [0.717, 1.165) is 9.75 Å². The van der Waals surface area contributed by atoms with Crippen molar-refractivity contribution in [2.24, 2.45) is 0 Å². The van der Waals surface area contributed by atoms with Crippen molar-refractivity contribution in [2.45, 2.75) is 33.6 Å². The number of hydrogen-bond donors (Lipinski definition) is 2. The molecule has 0 unspecified atom stereocenters. The van der Waals surface area contributed by atoms with E-state index in [1.165, 1.54) is 6.07 Å². The lowest BCUT2D eigenvalue weighted by Gasteiger charge is -2.07. The minimum absolute atomic E-state index is 0.0376. The average Bonchev–Trinajstić information content (AvgIpc) is 2.83. The van der Waals surface area contributed by atoms with Gasteiger partial charge in [-0.25, -0.2) is 4.79 Å². The molecule has 0 saturated heterocycles. The van der Waals surface area contributed by atoms with E-state index < -0.39 is 5.97 Å². The quantitative estimate of drug-likeness (QED) is 0.776. The molecule has 126 valence electrons. The highest BCUT2D eigenvalue weighted by atomic mass is 32.1. The average molecular weight is 345 g/mol. The lowest BCUT2D eigenvalue weighted by Crippen LogP contribution is -2.14. The van der Waals surface area contributed by atoms with Crippen LogP contribution in [0.5, 0.6) is 0 Å². The van der Waals surface area contributed by atoms with Gasteiger partial charge in [-0.15, -0.1) is 11.3 Å². The van der Waals surface area contributed by atoms with Crippen LogP contribution in [0.15, 0.2) is 24.3 Å². The third kappa shape index (κ3) is 4.29. The van der Waals surface area contributed by atoms with Crippen LogP contribution < -0.4 is 5.32 Å². The zero-order valence-corrected chi connectivity index (χ0v) is 14.6. The van der Waals surface area contributed by atoms with Crippen molar-refractivity contribution < 1.29 is 19.5 Å². The highest BCUT2D eigenvalue weighted by Crippen LogP contribution is 2.22. The lowest BCUT2D eigenvalue weighted by molar-refractivity contribution is -0.116. The van der Waals surface area contributed by atoms with Crippen LogP contribution in [-0.2, 0) is 4.79 Å². The summed E-state index contributed by atoms with van der Waals surface area (Å²) < 4.78 is 0. The van der Waals surface area contributed by atoms with Crippen molar-refractivity contribution >= 4 is 34.7 Å². The Morgan fingerprint density at radius 2 is 1.75 bits per heavy atom. The van der Waals surface area contributed by atoms with Gasteiger partial charge in [-0.3, -0.25) is 9.59 Å². The van der Waals surface area contributed by atoms with Crippen LogP contribution in [0.3, 0.4) is 0 Å². The van der Waals surface area contributed by atoms with Crippen molar-refractivity contribution in [1.29, 1.82) is 0 Å². The second-order valence-electron chi connectivity index (χ2n) is 5.63. The summed E-state index contributed by atoms with van der Waals surface area (Å²) in [6, 6.07) is 6.46. The maximum absolute atomic E-state index is 12.2. The molecule has 1 aromatic carbocycles. The fourth-order valence-electron chi connectivity index (χ4n) is 2.47. The zero-order valence-electron chi connectivity index (χ0n) is 13.8. The molecule has 2 aromatic rings. The summed E-state index contributed by atoms with van der Waals surface area (Å²) in [6.45, 7) is 5.52. The minimum atomic E-state index is -1.00. The number of Topliss-reactive ketones (excluding diaryl/α,β-unsaturated/α-hetero) is 1. The van der Waals surface area contributed by atoms with Gasteiger partial charge in [0.15, 0.2) is 5.78 Å². The summed E-state index contributed by atoms with van der Waals surface area (Å²) in [4.78, 5) is 37.2. The van der Waals surface area contributed by atoms with Crippen molar-refractivity contribution in [2.75, 3.05) is 5.32 Å². The Kier molecular flexibility index (Phi) is 5.51. The Balaban J connectivity index is 1.94. The number of carbonyl (C=O) groups is 3. The zero-order chi connectivity index (χ0) is 17.9. The third-order valence-electron chi connectivity index (χ3n) is 3.66. The number of rotatable bonds is 6. The number of thiophene rings is 1. The molecular weight excluding hydrogens is 326 g/mol. The predicted molar refractivity (Wildman–Crippen MR) is 94.1 cm³/mol. The van der Waals surface area contributed by atoms with Gasteiger partial charge in [-0.2, -0.15) is 0 Å². The molecule has 24 heavy (non-hydrogen) atoms. The number of carboxylic acid groups (broad SMARTS) is 1. The molecule has 1 amide bonds. The second kappa shape index (κ2) is 7.40. The molecule has 0 bridgehead atoms. The number of aromatic carboxylic acids is 1. The van der Waals surface area contributed by atoms with E-state index in [1.807, 2.05) is 19.9 Å². The smallest absolute Gasteiger partial charge is 0.335 e. The normalized spacial score (nSPS) is 10.5. The minimum Gasteiger partial charge on any atom is -0.478 e. The maximum Gasteiger partial charge on any atom is 0.335 e. The molecule has 0 radical (unpaired) electrons. The number of benzene rings is 1. The molecule has 0 aliphatic heterocycles. The molecule has 2 rings (SSSR count). The van der Waals surface area contributed by atoms with Crippen molar-refractivity contribution in [3.8, 4) is 0 Å². The molecule has 0 atom stereocenters. The van der Waals surface area contributed by atoms with Gasteiger partial charge >= 0.3 is 5.97 Å². The molecule has 1 heterocycles. The molecular formula is C18H19NO4S. The molecule has 0 spiro atoms. The molecule has 0 aliphatic carbocycles. The van der Waals surface area contributed by atoms with Gasteiger partial charge in [0.1, 0.15) is 0 Å². The van der Waals surface area contributed by atoms with E-state index in [9.17, 15) is 14.4 Å². The Morgan fingerprint density at radius 3 is 2.29 bits per heavy atom. The number of anilines is 1. The van der Waals surface area contributed by atoms with E-state index in [0.29, 0.717) is 16.8 Å². The number of carboxylic acids is 1. The molecule has 0 aliphatic rings. The van der Waals surface area contributed by atoms with Gasteiger partial charge < -0.3 is 10.4 Å². The number of nitrogens with one attached hydrogen (secondary N) is 1. The number of aryl methyl sites for hydroxylation is 3. The van der Waals surface area contributed by atoms with Gasteiger partial charge in [-0.1, -0.05) is 0 Å². The molecule has 0 fully saturated rings. The summed E-state index contributed by atoms with van der Waals surface area (Å²) in [7, 11) is 0. The predicted octanol–water partition coefficient (Wildman–Crippen LogP) is 3.97. The Hall–Kier alpha value is -2.47. The lowest BCUT2D eigenvalue weighted by atomic mass is 10.1. The van der Waals surface area contributed by atoms with E-state index in [1.54, 1.807) is 30.4 Å². The monoisotopic (exact) mass is 345 g/mol. The largest absolute Gasteiger partial charge is 0.478 e. The first-order valence-electron chi connectivity index (χ1n) is 7.52. The van der Waals surface area contributed by atoms with Gasteiger partial charge in [0.25, 0.3) is 0 Å². The van der Waals surface area contributed by atoms with Gasteiger partial charge in [0.05, 0.1) is 5.56 Å². The van der Waals surface area contributed by atoms with E-state index >= 15 is 0 Å². The number of amides is 1. The van der Waals surface area contributed by atoms with E-state index in [4.69, 9.17) is 5.11 Å². The van der Waals surface area contributed by atoms with Gasteiger partial charge in [0.2, 0.25) is 5.91 Å². The number of hydrogen-bond acceptors (Lipinski definition) is 4. The first-order valence-corrected chi connectivity index (χ1v) is 8.33.